The third-order valence-corrected chi connectivity index (χ3v) is 3.70. The molecule has 0 amide bonds. The number of halogens is 2. The van der Waals surface area contributed by atoms with E-state index in [0.717, 1.165) is 19.3 Å². The van der Waals surface area contributed by atoms with Gasteiger partial charge in [0.15, 0.2) is 0 Å². The molecule has 0 atom stereocenters. The molecule has 0 aliphatic heterocycles. The van der Waals surface area contributed by atoms with Crippen molar-refractivity contribution in [3.8, 4) is 11.8 Å². The highest BCUT2D eigenvalue weighted by molar-refractivity contribution is 5.09. The van der Waals surface area contributed by atoms with E-state index in [0.29, 0.717) is 18.8 Å². The van der Waals surface area contributed by atoms with Crippen molar-refractivity contribution in [1.82, 2.24) is 0 Å². The molecule has 0 aliphatic carbocycles. The van der Waals surface area contributed by atoms with Gasteiger partial charge in [-0.1, -0.05) is 78.1 Å². The number of rotatable bonds is 12. The van der Waals surface area contributed by atoms with Gasteiger partial charge in [0, 0.05) is 12.8 Å². The molecule has 0 aromatic carbocycles. The van der Waals surface area contributed by atoms with Crippen molar-refractivity contribution in [2.24, 2.45) is 5.92 Å². The van der Waals surface area contributed by atoms with Crippen LogP contribution in [0.5, 0.6) is 0 Å². The van der Waals surface area contributed by atoms with Crippen molar-refractivity contribution in [3.63, 3.8) is 0 Å². The SMILES string of the molecule is CCCCCCCCCCC#CC(F)(F)CCCC(C)C. The van der Waals surface area contributed by atoms with E-state index in [4.69, 9.17) is 0 Å². The Morgan fingerprint density at radius 3 is 2.00 bits per heavy atom. The molecule has 0 heterocycles. The smallest absolute Gasteiger partial charge is 0.192 e. The molecule has 0 aromatic heterocycles. The van der Waals surface area contributed by atoms with Crippen LogP contribution in [0.15, 0.2) is 0 Å². The van der Waals surface area contributed by atoms with Crippen LogP contribution >= 0.6 is 0 Å². The van der Waals surface area contributed by atoms with E-state index in [1.54, 1.807) is 0 Å². The Morgan fingerprint density at radius 2 is 1.43 bits per heavy atom. The Bertz CT molecular complexity index is 284. The van der Waals surface area contributed by atoms with Gasteiger partial charge in [-0.25, -0.2) is 0 Å². The normalized spacial score (nSPS) is 11.5. The third-order valence-electron chi connectivity index (χ3n) is 3.70. The second-order valence-corrected chi connectivity index (χ2v) is 6.52. The molecule has 0 spiro atoms. The minimum absolute atomic E-state index is 0.0877. The molecule has 0 unspecified atom stereocenters. The molecule has 0 nitrogen and oxygen atoms in total. The molecular weight excluding hydrogens is 266 g/mol. The molecule has 2 heteroatoms. The van der Waals surface area contributed by atoms with Crippen LogP contribution in [0.25, 0.3) is 0 Å². The van der Waals surface area contributed by atoms with Crippen molar-refractivity contribution in [3.05, 3.63) is 0 Å². The van der Waals surface area contributed by atoms with Crippen molar-refractivity contribution >= 4 is 0 Å². The fraction of sp³-hybridized carbons (Fsp3) is 0.895. The first-order chi connectivity index (χ1) is 9.98. The lowest BCUT2D eigenvalue weighted by atomic mass is 10.0. The quantitative estimate of drug-likeness (QED) is 0.269. The minimum Gasteiger partial charge on any atom is -0.192 e. The summed E-state index contributed by atoms with van der Waals surface area (Å²) < 4.78 is 26.9. The summed E-state index contributed by atoms with van der Waals surface area (Å²) in [6, 6.07) is 0. The Morgan fingerprint density at radius 1 is 0.857 bits per heavy atom. The Hall–Kier alpha value is -0.580. The van der Waals surface area contributed by atoms with Crippen LogP contribution in [-0.2, 0) is 0 Å². The summed E-state index contributed by atoms with van der Waals surface area (Å²) in [7, 11) is 0. The molecule has 0 aliphatic rings. The molecule has 0 N–H and O–H groups in total. The van der Waals surface area contributed by atoms with E-state index in [2.05, 4.69) is 32.6 Å². The zero-order valence-corrected chi connectivity index (χ0v) is 14.3. The van der Waals surface area contributed by atoms with Crippen molar-refractivity contribution < 1.29 is 8.78 Å². The summed E-state index contributed by atoms with van der Waals surface area (Å²) in [5.74, 6) is 2.55. The molecule has 0 bridgehead atoms. The van der Waals surface area contributed by atoms with Gasteiger partial charge in [0.2, 0.25) is 0 Å². The van der Waals surface area contributed by atoms with Crippen LogP contribution in [0.2, 0.25) is 0 Å². The fourth-order valence-electron chi connectivity index (χ4n) is 2.33. The largest absolute Gasteiger partial charge is 0.308 e. The fourth-order valence-corrected chi connectivity index (χ4v) is 2.33. The number of hydrogen-bond donors (Lipinski definition) is 0. The molecular formula is C19H34F2. The first-order valence-electron chi connectivity index (χ1n) is 8.86. The summed E-state index contributed by atoms with van der Waals surface area (Å²) in [5.41, 5.74) is 0. The van der Waals surface area contributed by atoms with Crippen molar-refractivity contribution in [2.45, 2.75) is 104 Å². The lowest BCUT2D eigenvalue weighted by Crippen LogP contribution is -2.12. The second kappa shape index (κ2) is 13.1. The van der Waals surface area contributed by atoms with Crippen molar-refractivity contribution in [2.75, 3.05) is 0 Å². The van der Waals surface area contributed by atoms with Gasteiger partial charge in [0.1, 0.15) is 0 Å². The lowest BCUT2D eigenvalue weighted by Gasteiger charge is -2.10. The Kier molecular flexibility index (Phi) is 12.7. The van der Waals surface area contributed by atoms with Crippen LogP contribution in [0.3, 0.4) is 0 Å². The summed E-state index contributed by atoms with van der Waals surface area (Å²) in [4.78, 5) is 0. The summed E-state index contributed by atoms with van der Waals surface area (Å²) in [6.07, 6.45) is 11.8. The van der Waals surface area contributed by atoms with E-state index in [1.807, 2.05) is 0 Å². The summed E-state index contributed by atoms with van der Waals surface area (Å²) in [6.45, 7) is 6.34. The monoisotopic (exact) mass is 300 g/mol. The van der Waals surface area contributed by atoms with Gasteiger partial charge in [-0.3, -0.25) is 0 Å². The second-order valence-electron chi connectivity index (χ2n) is 6.52. The average Bonchev–Trinajstić information content (AvgIpc) is 2.40. The molecule has 0 aromatic rings. The molecule has 124 valence electrons. The van der Waals surface area contributed by atoms with E-state index >= 15 is 0 Å². The molecule has 0 rings (SSSR count). The van der Waals surface area contributed by atoms with Crippen LogP contribution in [0.1, 0.15) is 97.8 Å². The van der Waals surface area contributed by atoms with Crippen LogP contribution < -0.4 is 0 Å². The van der Waals surface area contributed by atoms with Gasteiger partial charge in [-0.05, 0) is 24.7 Å². The van der Waals surface area contributed by atoms with E-state index in [-0.39, 0.29) is 6.42 Å². The van der Waals surface area contributed by atoms with Crippen LogP contribution in [0, 0.1) is 17.8 Å². The minimum atomic E-state index is -2.78. The van der Waals surface area contributed by atoms with Gasteiger partial charge >= 0.3 is 5.92 Å². The highest BCUT2D eigenvalue weighted by atomic mass is 19.3. The molecule has 0 radical (unpaired) electrons. The zero-order chi connectivity index (χ0) is 16.0. The first kappa shape index (κ1) is 20.4. The average molecular weight is 300 g/mol. The topological polar surface area (TPSA) is 0 Å². The predicted octanol–water partition coefficient (Wildman–Crippen LogP) is 6.98. The molecule has 0 fully saturated rings. The van der Waals surface area contributed by atoms with Crippen LogP contribution in [-0.4, -0.2) is 5.92 Å². The maximum absolute atomic E-state index is 13.4. The Labute approximate surface area is 131 Å². The van der Waals surface area contributed by atoms with Gasteiger partial charge in [0.05, 0.1) is 0 Å². The zero-order valence-electron chi connectivity index (χ0n) is 14.3. The third kappa shape index (κ3) is 15.6. The molecule has 0 saturated heterocycles. The standard InChI is InChI=1S/C19H34F2/c1-4-5-6-7-8-9-10-11-12-13-16-19(20,21)17-14-15-18(2)3/h18H,4-12,14-15,17H2,1-3H3. The predicted molar refractivity (Wildman–Crippen MR) is 88.6 cm³/mol. The summed E-state index contributed by atoms with van der Waals surface area (Å²) in [5, 5.41) is 0. The lowest BCUT2D eigenvalue weighted by molar-refractivity contribution is 0.0528. The number of hydrogen-bond acceptors (Lipinski definition) is 0. The maximum atomic E-state index is 13.4. The van der Waals surface area contributed by atoms with Gasteiger partial charge in [-0.15, -0.1) is 0 Å². The van der Waals surface area contributed by atoms with E-state index in [9.17, 15) is 8.78 Å². The highest BCUT2D eigenvalue weighted by Gasteiger charge is 2.24. The van der Waals surface area contributed by atoms with Gasteiger partial charge < -0.3 is 0 Å². The van der Waals surface area contributed by atoms with Gasteiger partial charge in [-0.2, -0.15) is 8.78 Å². The number of alkyl halides is 2. The molecule has 21 heavy (non-hydrogen) atoms. The Balaban J connectivity index is 3.53. The molecule has 0 saturated carbocycles. The van der Waals surface area contributed by atoms with E-state index < -0.39 is 5.92 Å². The van der Waals surface area contributed by atoms with Gasteiger partial charge in [0.25, 0.3) is 0 Å². The number of unbranched alkanes of at least 4 members (excludes halogenated alkanes) is 8. The summed E-state index contributed by atoms with van der Waals surface area (Å²) >= 11 is 0. The van der Waals surface area contributed by atoms with Crippen LogP contribution in [0.4, 0.5) is 8.78 Å². The maximum Gasteiger partial charge on any atom is 0.308 e. The van der Waals surface area contributed by atoms with Crippen molar-refractivity contribution in [1.29, 1.82) is 0 Å². The highest BCUT2D eigenvalue weighted by Crippen LogP contribution is 2.22. The van der Waals surface area contributed by atoms with E-state index in [1.165, 1.54) is 38.5 Å². The first-order valence-corrected chi connectivity index (χ1v) is 8.86.